The van der Waals surface area contributed by atoms with Crippen LogP contribution in [0.2, 0.25) is 0 Å². The zero-order chi connectivity index (χ0) is 19.3. The molecule has 1 aromatic heterocycles. The highest BCUT2D eigenvalue weighted by molar-refractivity contribution is 6.07. The Morgan fingerprint density at radius 3 is 2.86 bits per heavy atom. The number of aromatic nitrogens is 1. The molecule has 2 aliphatic heterocycles. The number of carbonyl (C=O) groups is 2. The molecule has 2 atom stereocenters. The van der Waals surface area contributed by atoms with E-state index >= 15 is 0 Å². The van der Waals surface area contributed by atoms with Crippen molar-refractivity contribution in [3.63, 3.8) is 0 Å². The van der Waals surface area contributed by atoms with Gasteiger partial charge in [0, 0.05) is 47.9 Å². The minimum absolute atomic E-state index is 0.0627. The van der Waals surface area contributed by atoms with Gasteiger partial charge in [0.1, 0.15) is 17.8 Å². The van der Waals surface area contributed by atoms with Crippen LogP contribution in [0, 0.1) is 5.41 Å². The summed E-state index contributed by atoms with van der Waals surface area (Å²) in [7, 11) is 0. The first-order valence-electron chi connectivity index (χ1n) is 9.17. The third-order valence-corrected chi connectivity index (χ3v) is 5.95. The smallest absolute Gasteiger partial charge is 0.315 e. The van der Waals surface area contributed by atoms with Crippen LogP contribution in [0.3, 0.4) is 0 Å². The fourth-order valence-electron chi connectivity index (χ4n) is 4.47. The standard InChI is InChI=1S/C22H18N2O4/c25-20(16-6-3-4-14-10-23-9-8-15(14)16)24-11-18-17-5-1-2-7-19(17)28-13-22(18,12-24)21(26)27/h1-10,18H,11-13H2,(H,26,27). The first-order valence-corrected chi connectivity index (χ1v) is 9.17. The number of fused-ring (bicyclic) bond motifs is 4. The second-order valence-electron chi connectivity index (χ2n) is 7.43. The molecule has 140 valence electrons. The van der Waals surface area contributed by atoms with E-state index in [0.29, 0.717) is 17.9 Å². The van der Waals surface area contributed by atoms with Crippen LogP contribution in [0.25, 0.3) is 10.8 Å². The number of hydrogen-bond donors (Lipinski definition) is 1. The molecule has 6 heteroatoms. The molecule has 0 radical (unpaired) electrons. The summed E-state index contributed by atoms with van der Waals surface area (Å²) in [6.45, 7) is 0.544. The zero-order valence-corrected chi connectivity index (χ0v) is 15.0. The van der Waals surface area contributed by atoms with Crippen molar-refractivity contribution in [3.05, 3.63) is 72.1 Å². The van der Waals surface area contributed by atoms with Crippen LogP contribution >= 0.6 is 0 Å². The van der Waals surface area contributed by atoms with E-state index in [1.807, 2.05) is 42.5 Å². The fraction of sp³-hybridized carbons (Fsp3) is 0.227. The molecule has 2 aromatic carbocycles. The van der Waals surface area contributed by atoms with E-state index in [1.165, 1.54) is 0 Å². The molecule has 2 unspecified atom stereocenters. The van der Waals surface area contributed by atoms with Crippen molar-refractivity contribution in [2.24, 2.45) is 5.41 Å². The molecule has 1 saturated heterocycles. The van der Waals surface area contributed by atoms with Crippen molar-refractivity contribution in [1.82, 2.24) is 9.88 Å². The van der Waals surface area contributed by atoms with Gasteiger partial charge in [-0.1, -0.05) is 30.3 Å². The number of nitrogens with zero attached hydrogens (tertiary/aromatic N) is 2. The number of benzene rings is 2. The first kappa shape index (κ1) is 16.7. The Hall–Kier alpha value is -3.41. The summed E-state index contributed by atoms with van der Waals surface area (Å²) in [5.41, 5.74) is 0.290. The summed E-state index contributed by atoms with van der Waals surface area (Å²) < 4.78 is 5.78. The number of aliphatic carboxylic acids is 1. The summed E-state index contributed by atoms with van der Waals surface area (Å²) >= 11 is 0. The van der Waals surface area contributed by atoms with Crippen molar-refractivity contribution in [1.29, 1.82) is 0 Å². The normalized spacial score (nSPS) is 23.0. The SMILES string of the molecule is O=C(c1cccc2cnccc12)N1CC2c3ccccc3OCC2(C(=O)O)C1. The van der Waals surface area contributed by atoms with E-state index in [4.69, 9.17) is 4.74 Å². The lowest BCUT2D eigenvalue weighted by Crippen LogP contribution is -2.46. The fourth-order valence-corrected chi connectivity index (χ4v) is 4.47. The predicted molar refractivity (Wildman–Crippen MR) is 102 cm³/mol. The van der Waals surface area contributed by atoms with Gasteiger partial charge >= 0.3 is 5.97 Å². The van der Waals surface area contributed by atoms with E-state index in [1.54, 1.807) is 23.4 Å². The summed E-state index contributed by atoms with van der Waals surface area (Å²) in [4.78, 5) is 31.4. The Bertz CT molecular complexity index is 1110. The Morgan fingerprint density at radius 1 is 1.14 bits per heavy atom. The maximum atomic E-state index is 13.4. The quantitative estimate of drug-likeness (QED) is 0.746. The van der Waals surface area contributed by atoms with Gasteiger partial charge in [-0.05, 0) is 23.6 Å². The average Bonchev–Trinajstić information content (AvgIpc) is 3.15. The number of carboxylic acids is 1. The maximum Gasteiger partial charge on any atom is 0.315 e. The van der Waals surface area contributed by atoms with E-state index in [-0.39, 0.29) is 25.0 Å². The number of para-hydroxylation sites is 1. The summed E-state index contributed by atoms with van der Waals surface area (Å²) in [6, 6.07) is 14.8. The van der Waals surface area contributed by atoms with Crippen LogP contribution in [-0.4, -0.2) is 46.6 Å². The van der Waals surface area contributed by atoms with Gasteiger partial charge in [-0.2, -0.15) is 0 Å². The molecule has 28 heavy (non-hydrogen) atoms. The highest BCUT2D eigenvalue weighted by atomic mass is 16.5. The third-order valence-electron chi connectivity index (χ3n) is 5.95. The summed E-state index contributed by atoms with van der Waals surface area (Å²) in [5.74, 6) is -0.681. The van der Waals surface area contributed by atoms with Crippen molar-refractivity contribution in [2.75, 3.05) is 19.7 Å². The second-order valence-corrected chi connectivity index (χ2v) is 7.43. The molecule has 6 nitrogen and oxygen atoms in total. The molecule has 0 aliphatic carbocycles. The molecular weight excluding hydrogens is 356 g/mol. The first-order chi connectivity index (χ1) is 13.6. The van der Waals surface area contributed by atoms with Crippen LogP contribution < -0.4 is 4.74 Å². The number of pyridine rings is 1. The van der Waals surface area contributed by atoms with Crippen molar-refractivity contribution in [2.45, 2.75) is 5.92 Å². The number of carbonyl (C=O) groups excluding carboxylic acids is 1. The maximum absolute atomic E-state index is 13.4. The molecule has 5 rings (SSSR count). The lowest BCUT2D eigenvalue weighted by molar-refractivity contribution is -0.151. The highest BCUT2D eigenvalue weighted by Crippen LogP contribution is 2.50. The van der Waals surface area contributed by atoms with Crippen LogP contribution in [0.4, 0.5) is 0 Å². The number of rotatable bonds is 2. The van der Waals surface area contributed by atoms with Gasteiger partial charge in [-0.3, -0.25) is 14.6 Å². The Balaban J connectivity index is 1.56. The molecule has 0 saturated carbocycles. The second kappa shape index (κ2) is 6.05. The van der Waals surface area contributed by atoms with Crippen molar-refractivity contribution in [3.8, 4) is 5.75 Å². The Morgan fingerprint density at radius 2 is 2.00 bits per heavy atom. The van der Waals surface area contributed by atoms with Gasteiger partial charge < -0.3 is 14.7 Å². The number of amides is 1. The number of likely N-dealkylation sites (tertiary alicyclic amines) is 1. The Labute approximate surface area is 161 Å². The lowest BCUT2D eigenvalue weighted by Gasteiger charge is -2.35. The zero-order valence-electron chi connectivity index (χ0n) is 15.0. The van der Waals surface area contributed by atoms with E-state index < -0.39 is 11.4 Å². The molecule has 1 amide bonds. The number of carboxylic acid groups (broad SMARTS) is 1. The molecule has 3 heterocycles. The van der Waals surface area contributed by atoms with Gasteiger partial charge in [0.05, 0.1) is 0 Å². The van der Waals surface area contributed by atoms with Gasteiger partial charge in [0.15, 0.2) is 0 Å². The van der Waals surface area contributed by atoms with Gasteiger partial charge in [-0.15, -0.1) is 0 Å². The van der Waals surface area contributed by atoms with Gasteiger partial charge in [-0.25, -0.2) is 0 Å². The predicted octanol–water partition coefficient (Wildman–Crippen LogP) is 2.94. The molecule has 3 aromatic rings. The molecule has 0 spiro atoms. The van der Waals surface area contributed by atoms with Gasteiger partial charge in [0.2, 0.25) is 0 Å². The molecule has 1 N–H and O–H groups in total. The number of hydrogen-bond acceptors (Lipinski definition) is 4. The van der Waals surface area contributed by atoms with Crippen molar-refractivity contribution < 1.29 is 19.4 Å². The average molecular weight is 374 g/mol. The van der Waals surface area contributed by atoms with Crippen LogP contribution in [0.1, 0.15) is 21.8 Å². The van der Waals surface area contributed by atoms with Crippen molar-refractivity contribution >= 4 is 22.6 Å². The summed E-state index contributed by atoms with van der Waals surface area (Å²) in [6.07, 6.45) is 3.38. The Kier molecular flexibility index (Phi) is 3.62. The van der Waals surface area contributed by atoms with Crippen LogP contribution in [0.5, 0.6) is 5.75 Å². The minimum Gasteiger partial charge on any atom is -0.492 e. The van der Waals surface area contributed by atoms with Crippen LogP contribution in [-0.2, 0) is 4.79 Å². The minimum atomic E-state index is -1.13. The number of ether oxygens (including phenoxy) is 1. The highest BCUT2D eigenvalue weighted by Gasteiger charge is 2.57. The largest absolute Gasteiger partial charge is 0.492 e. The molecule has 0 bridgehead atoms. The van der Waals surface area contributed by atoms with E-state index in [2.05, 4.69) is 4.98 Å². The molecule has 1 fully saturated rings. The monoisotopic (exact) mass is 374 g/mol. The lowest BCUT2D eigenvalue weighted by atomic mass is 9.73. The molecule has 2 aliphatic rings. The van der Waals surface area contributed by atoms with E-state index in [0.717, 1.165) is 16.3 Å². The van der Waals surface area contributed by atoms with Gasteiger partial charge in [0.25, 0.3) is 5.91 Å². The third kappa shape index (κ3) is 2.30. The topological polar surface area (TPSA) is 79.7 Å². The molecular formula is C22H18N2O4. The van der Waals surface area contributed by atoms with E-state index in [9.17, 15) is 14.7 Å². The van der Waals surface area contributed by atoms with Crippen LogP contribution in [0.15, 0.2) is 60.9 Å². The summed E-state index contributed by atoms with van der Waals surface area (Å²) in [5, 5.41) is 11.7.